The molecule has 2 rings (SSSR count). The summed E-state index contributed by atoms with van der Waals surface area (Å²) in [5.74, 6) is 1.00. The molecule has 0 aliphatic rings. The van der Waals surface area contributed by atoms with Crippen LogP contribution in [0.5, 0.6) is 0 Å². The molecule has 0 atom stereocenters. The van der Waals surface area contributed by atoms with Crippen molar-refractivity contribution in [2.45, 2.75) is 11.3 Å². The van der Waals surface area contributed by atoms with Crippen LogP contribution in [0.15, 0.2) is 65.6 Å². The first-order chi connectivity index (χ1) is 10.3. The molecule has 0 fully saturated rings. The molecule has 21 heavy (non-hydrogen) atoms. The highest BCUT2D eigenvalue weighted by molar-refractivity contribution is 7.99. The third kappa shape index (κ3) is 6.65. The molecule has 2 aromatic rings. The topological polar surface area (TPSA) is 24.1 Å². The molecule has 0 spiro atoms. The van der Waals surface area contributed by atoms with E-state index in [0.717, 1.165) is 30.4 Å². The highest BCUT2D eigenvalue weighted by Crippen LogP contribution is 2.15. The van der Waals surface area contributed by atoms with Gasteiger partial charge in [-0.2, -0.15) is 0 Å². The molecule has 2 aromatic carbocycles. The van der Waals surface area contributed by atoms with Gasteiger partial charge in [-0.25, -0.2) is 0 Å². The number of benzene rings is 2. The predicted octanol–water partition coefficient (Wildman–Crippen LogP) is 3.49. The van der Waals surface area contributed by atoms with Crippen LogP contribution in [0.25, 0.3) is 0 Å². The van der Waals surface area contributed by atoms with Crippen molar-refractivity contribution in [3.63, 3.8) is 0 Å². The normalized spacial score (nSPS) is 10.1. The summed E-state index contributed by atoms with van der Waals surface area (Å²) in [6, 6.07) is 20.8. The van der Waals surface area contributed by atoms with Gasteiger partial charge in [-0.3, -0.25) is 0 Å². The first kappa shape index (κ1) is 15.9. The zero-order valence-corrected chi connectivity index (χ0v) is 13.6. The number of nitrogens with one attached hydrogen (secondary N) is 2. The molecular weight excluding hydrogens is 296 g/mol. The van der Waals surface area contributed by atoms with E-state index in [1.807, 2.05) is 23.9 Å². The molecule has 0 heterocycles. The Kier molecular flexibility index (Phi) is 7.12. The van der Waals surface area contributed by atoms with Gasteiger partial charge in [0.15, 0.2) is 5.11 Å². The Morgan fingerprint density at radius 2 is 1.48 bits per heavy atom. The van der Waals surface area contributed by atoms with Crippen LogP contribution >= 0.6 is 24.0 Å². The Labute approximate surface area is 136 Å². The molecule has 0 bridgehead atoms. The molecule has 0 aliphatic carbocycles. The first-order valence-electron chi connectivity index (χ1n) is 7.08. The van der Waals surface area contributed by atoms with Crippen LogP contribution in [0, 0.1) is 0 Å². The van der Waals surface area contributed by atoms with E-state index >= 15 is 0 Å². The molecule has 110 valence electrons. The van der Waals surface area contributed by atoms with E-state index in [2.05, 4.69) is 59.2 Å². The van der Waals surface area contributed by atoms with Gasteiger partial charge in [-0.05, 0) is 36.3 Å². The van der Waals surface area contributed by atoms with Crippen LogP contribution in [-0.2, 0) is 6.42 Å². The number of rotatable bonds is 7. The highest BCUT2D eigenvalue weighted by atomic mass is 32.2. The molecule has 2 nitrogen and oxygen atoms in total. The number of hydrogen-bond acceptors (Lipinski definition) is 2. The fraction of sp³-hybridized carbons (Fsp3) is 0.235. The maximum absolute atomic E-state index is 5.27. The molecule has 0 aromatic heterocycles. The van der Waals surface area contributed by atoms with Gasteiger partial charge < -0.3 is 10.6 Å². The average Bonchev–Trinajstić information content (AvgIpc) is 2.54. The summed E-state index contributed by atoms with van der Waals surface area (Å²) in [4.78, 5) is 1.29. The van der Waals surface area contributed by atoms with Crippen LogP contribution in [0.2, 0.25) is 0 Å². The Morgan fingerprint density at radius 1 is 0.857 bits per heavy atom. The van der Waals surface area contributed by atoms with E-state index in [-0.39, 0.29) is 0 Å². The maximum atomic E-state index is 5.27. The Hall–Kier alpha value is -1.52. The van der Waals surface area contributed by atoms with Crippen molar-refractivity contribution in [2.24, 2.45) is 0 Å². The van der Waals surface area contributed by atoms with Crippen molar-refractivity contribution in [3.05, 3.63) is 66.2 Å². The Balaban J connectivity index is 1.54. The number of thiocarbonyl (C=S) groups is 1. The van der Waals surface area contributed by atoms with Gasteiger partial charge in [0.25, 0.3) is 0 Å². The van der Waals surface area contributed by atoms with Gasteiger partial charge >= 0.3 is 0 Å². The van der Waals surface area contributed by atoms with Crippen molar-refractivity contribution >= 4 is 29.1 Å². The van der Waals surface area contributed by atoms with Crippen molar-refractivity contribution in [3.8, 4) is 0 Å². The van der Waals surface area contributed by atoms with Crippen LogP contribution in [-0.4, -0.2) is 24.0 Å². The third-order valence-electron chi connectivity index (χ3n) is 2.94. The SMILES string of the molecule is S=C(NCCSc1ccccc1)NCCc1ccccc1. The fourth-order valence-corrected chi connectivity index (χ4v) is 2.87. The molecule has 0 unspecified atom stereocenters. The molecule has 0 saturated heterocycles. The standard InChI is InChI=1S/C17H20N2S2/c20-17(18-12-11-15-7-3-1-4-8-15)19-13-14-21-16-9-5-2-6-10-16/h1-10H,11-14H2,(H2,18,19,20). The van der Waals surface area contributed by atoms with E-state index < -0.39 is 0 Å². The van der Waals surface area contributed by atoms with Gasteiger partial charge in [0.2, 0.25) is 0 Å². The molecule has 0 radical (unpaired) electrons. The minimum Gasteiger partial charge on any atom is -0.362 e. The monoisotopic (exact) mass is 316 g/mol. The van der Waals surface area contributed by atoms with Crippen molar-refractivity contribution in [1.82, 2.24) is 10.6 Å². The van der Waals surface area contributed by atoms with Crippen LogP contribution in [0.1, 0.15) is 5.56 Å². The van der Waals surface area contributed by atoms with E-state index in [1.54, 1.807) is 0 Å². The average molecular weight is 316 g/mol. The predicted molar refractivity (Wildman–Crippen MR) is 95.9 cm³/mol. The lowest BCUT2D eigenvalue weighted by Crippen LogP contribution is -2.37. The van der Waals surface area contributed by atoms with E-state index in [1.165, 1.54) is 10.5 Å². The van der Waals surface area contributed by atoms with Crippen molar-refractivity contribution in [1.29, 1.82) is 0 Å². The third-order valence-corrected chi connectivity index (χ3v) is 4.24. The van der Waals surface area contributed by atoms with Crippen molar-refractivity contribution < 1.29 is 0 Å². The minimum absolute atomic E-state index is 0.736. The quantitative estimate of drug-likeness (QED) is 0.464. The van der Waals surface area contributed by atoms with Crippen LogP contribution < -0.4 is 10.6 Å². The molecular formula is C17H20N2S2. The second-order valence-corrected chi connectivity index (χ2v) is 6.16. The first-order valence-corrected chi connectivity index (χ1v) is 8.47. The molecule has 4 heteroatoms. The maximum Gasteiger partial charge on any atom is 0.166 e. The second-order valence-electron chi connectivity index (χ2n) is 4.58. The van der Waals surface area contributed by atoms with Gasteiger partial charge in [-0.1, -0.05) is 48.5 Å². The lowest BCUT2D eigenvalue weighted by molar-refractivity contribution is 0.831. The molecule has 0 aliphatic heterocycles. The lowest BCUT2D eigenvalue weighted by Gasteiger charge is -2.10. The lowest BCUT2D eigenvalue weighted by atomic mass is 10.1. The van der Waals surface area contributed by atoms with E-state index in [0.29, 0.717) is 0 Å². The smallest absolute Gasteiger partial charge is 0.166 e. The summed E-state index contributed by atoms with van der Waals surface area (Å²) < 4.78 is 0. The Bertz CT molecular complexity index is 529. The van der Waals surface area contributed by atoms with Gasteiger partial charge in [-0.15, -0.1) is 11.8 Å². The van der Waals surface area contributed by atoms with E-state index in [4.69, 9.17) is 12.2 Å². The molecule has 0 amide bonds. The van der Waals surface area contributed by atoms with Gasteiger partial charge in [0.1, 0.15) is 0 Å². The summed E-state index contributed by atoms with van der Waals surface area (Å²) >= 11 is 7.10. The summed E-state index contributed by atoms with van der Waals surface area (Å²) in [6.07, 6.45) is 0.988. The summed E-state index contributed by atoms with van der Waals surface area (Å²) in [6.45, 7) is 1.73. The Morgan fingerprint density at radius 3 is 2.19 bits per heavy atom. The largest absolute Gasteiger partial charge is 0.362 e. The zero-order valence-electron chi connectivity index (χ0n) is 11.9. The number of thioether (sulfide) groups is 1. The van der Waals surface area contributed by atoms with Gasteiger partial charge in [0.05, 0.1) is 0 Å². The van der Waals surface area contributed by atoms with Gasteiger partial charge in [0, 0.05) is 23.7 Å². The second kappa shape index (κ2) is 9.42. The molecule has 0 saturated carbocycles. The van der Waals surface area contributed by atoms with E-state index in [9.17, 15) is 0 Å². The summed E-state index contributed by atoms with van der Waals surface area (Å²) in [5, 5.41) is 7.22. The van der Waals surface area contributed by atoms with Crippen LogP contribution in [0.4, 0.5) is 0 Å². The van der Waals surface area contributed by atoms with Crippen LogP contribution in [0.3, 0.4) is 0 Å². The summed E-state index contributed by atoms with van der Waals surface area (Å²) in [7, 11) is 0. The number of hydrogen-bond donors (Lipinski definition) is 2. The zero-order chi connectivity index (χ0) is 14.8. The fourth-order valence-electron chi connectivity index (χ4n) is 1.88. The highest BCUT2D eigenvalue weighted by Gasteiger charge is 1.97. The van der Waals surface area contributed by atoms with Crippen molar-refractivity contribution in [2.75, 3.05) is 18.8 Å². The minimum atomic E-state index is 0.736. The molecule has 2 N–H and O–H groups in total. The summed E-state index contributed by atoms with van der Waals surface area (Å²) in [5.41, 5.74) is 1.33.